The predicted molar refractivity (Wildman–Crippen MR) is 64.4 cm³/mol. The van der Waals surface area contributed by atoms with Crippen LogP contribution in [-0.2, 0) is 16.0 Å². The number of anilines is 1. The summed E-state index contributed by atoms with van der Waals surface area (Å²) in [5, 5.41) is 5.10. The van der Waals surface area contributed by atoms with Gasteiger partial charge in [0.05, 0.1) is 12.1 Å². The Hall–Kier alpha value is -1.14. The minimum atomic E-state index is -0.0261. The number of ether oxygens (including phenoxy) is 1. The Morgan fingerprint density at radius 2 is 2.50 bits per heavy atom. The molecular formula is C10H17N3O2S. The maximum absolute atomic E-state index is 11.4. The van der Waals surface area contributed by atoms with Gasteiger partial charge in [0.1, 0.15) is 0 Å². The number of nitrogen functional groups attached to an aromatic ring is 1. The van der Waals surface area contributed by atoms with Gasteiger partial charge < -0.3 is 15.8 Å². The van der Waals surface area contributed by atoms with Gasteiger partial charge in [0.25, 0.3) is 0 Å². The van der Waals surface area contributed by atoms with E-state index in [1.807, 2.05) is 6.92 Å². The quantitative estimate of drug-likeness (QED) is 0.695. The zero-order valence-electron chi connectivity index (χ0n) is 9.36. The molecule has 0 bridgehead atoms. The molecule has 0 aliphatic carbocycles. The molecule has 16 heavy (non-hydrogen) atoms. The highest BCUT2D eigenvalue weighted by atomic mass is 32.1. The number of hydrogen-bond donors (Lipinski definition) is 2. The van der Waals surface area contributed by atoms with Crippen LogP contribution in [0, 0.1) is 0 Å². The van der Waals surface area contributed by atoms with Crippen molar-refractivity contribution in [1.82, 2.24) is 10.3 Å². The fourth-order valence-electron chi connectivity index (χ4n) is 1.18. The van der Waals surface area contributed by atoms with Crippen LogP contribution in [-0.4, -0.2) is 30.6 Å². The molecule has 1 amide bonds. The first-order valence-corrected chi connectivity index (χ1v) is 6.14. The lowest BCUT2D eigenvalue weighted by molar-refractivity contribution is -0.120. The minimum absolute atomic E-state index is 0.0261. The van der Waals surface area contributed by atoms with Gasteiger partial charge in [-0.3, -0.25) is 4.79 Å². The smallest absolute Gasteiger partial charge is 0.226 e. The van der Waals surface area contributed by atoms with Crippen LogP contribution < -0.4 is 11.1 Å². The van der Waals surface area contributed by atoms with Crippen LogP contribution in [0.4, 0.5) is 5.13 Å². The average Bonchev–Trinajstić information content (AvgIpc) is 2.63. The fourth-order valence-corrected chi connectivity index (χ4v) is 1.74. The Labute approximate surface area is 99.0 Å². The van der Waals surface area contributed by atoms with E-state index in [2.05, 4.69) is 10.3 Å². The molecule has 0 aromatic carbocycles. The normalized spacial score (nSPS) is 10.3. The second-order valence-corrected chi connectivity index (χ2v) is 4.14. The predicted octanol–water partition coefficient (Wildman–Crippen LogP) is 0.811. The van der Waals surface area contributed by atoms with E-state index in [0.717, 1.165) is 12.1 Å². The Kier molecular flexibility index (Phi) is 5.81. The number of carbonyl (C=O) groups excluding carboxylic acids is 1. The zero-order valence-corrected chi connectivity index (χ0v) is 10.2. The van der Waals surface area contributed by atoms with Crippen molar-refractivity contribution in [2.45, 2.75) is 19.8 Å². The summed E-state index contributed by atoms with van der Waals surface area (Å²) in [5.74, 6) is -0.0261. The summed E-state index contributed by atoms with van der Waals surface area (Å²) in [6.45, 7) is 3.98. The van der Waals surface area contributed by atoms with Crippen molar-refractivity contribution in [2.75, 3.05) is 25.5 Å². The lowest BCUT2D eigenvalue weighted by Crippen LogP contribution is -2.26. The third-order valence-corrected chi connectivity index (χ3v) is 2.63. The monoisotopic (exact) mass is 243 g/mol. The topological polar surface area (TPSA) is 77.2 Å². The summed E-state index contributed by atoms with van der Waals surface area (Å²) in [6.07, 6.45) is 1.13. The van der Waals surface area contributed by atoms with Crippen LogP contribution in [0.3, 0.4) is 0 Å². The van der Waals surface area contributed by atoms with Crippen molar-refractivity contribution >= 4 is 22.4 Å². The standard InChI is InChI=1S/C10H17N3O2S/c1-2-15-5-3-4-12-9(14)6-8-7-16-10(11)13-8/h7H,2-6H2,1H3,(H2,11,13)(H,12,14). The second-order valence-electron chi connectivity index (χ2n) is 3.25. The zero-order chi connectivity index (χ0) is 11.8. The third kappa shape index (κ3) is 5.09. The molecule has 6 heteroatoms. The molecule has 1 aromatic heterocycles. The average molecular weight is 243 g/mol. The van der Waals surface area contributed by atoms with Crippen molar-refractivity contribution < 1.29 is 9.53 Å². The minimum Gasteiger partial charge on any atom is -0.382 e. The molecule has 0 saturated heterocycles. The third-order valence-electron chi connectivity index (χ3n) is 1.90. The summed E-state index contributed by atoms with van der Waals surface area (Å²) in [7, 11) is 0. The number of thiazole rings is 1. The molecular weight excluding hydrogens is 226 g/mol. The van der Waals surface area contributed by atoms with Crippen molar-refractivity contribution in [3.63, 3.8) is 0 Å². The van der Waals surface area contributed by atoms with E-state index in [-0.39, 0.29) is 5.91 Å². The number of amides is 1. The number of nitrogens with zero attached hydrogens (tertiary/aromatic N) is 1. The highest BCUT2D eigenvalue weighted by Gasteiger charge is 2.05. The maximum Gasteiger partial charge on any atom is 0.226 e. The van der Waals surface area contributed by atoms with Gasteiger partial charge in [-0.15, -0.1) is 11.3 Å². The Morgan fingerprint density at radius 3 is 3.12 bits per heavy atom. The molecule has 0 unspecified atom stereocenters. The summed E-state index contributed by atoms with van der Waals surface area (Å²) in [6, 6.07) is 0. The number of carbonyl (C=O) groups is 1. The molecule has 0 atom stereocenters. The van der Waals surface area contributed by atoms with E-state index in [1.54, 1.807) is 5.38 Å². The number of aromatic nitrogens is 1. The summed E-state index contributed by atoms with van der Waals surface area (Å²) in [4.78, 5) is 15.4. The van der Waals surface area contributed by atoms with E-state index in [4.69, 9.17) is 10.5 Å². The largest absolute Gasteiger partial charge is 0.382 e. The van der Waals surface area contributed by atoms with Gasteiger partial charge in [-0.25, -0.2) is 4.98 Å². The first kappa shape index (κ1) is 12.9. The van der Waals surface area contributed by atoms with Gasteiger partial charge in [-0.2, -0.15) is 0 Å². The van der Waals surface area contributed by atoms with E-state index in [1.165, 1.54) is 11.3 Å². The SMILES string of the molecule is CCOCCCNC(=O)Cc1csc(N)n1. The molecule has 1 rings (SSSR count). The lowest BCUT2D eigenvalue weighted by Gasteiger charge is -2.03. The van der Waals surface area contributed by atoms with Crippen LogP contribution in [0.25, 0.3) is 0 Å². The highest BCUT2D eigenvalue weighted by Crippen LogP contribution is 2.11. The van der Waals surface area contributed by atoms with E-state index < -0.39 is 0 Å². The van der Waals surface area contributed by atoms with Crippen molar-refractivity contribution in [2.24, 2.45) is 0 Å². The van der Waals surface area contributed by atoms with E-state index in [0.29, 0.717) is 31.3 Å². The van der Waals surface area contributed by atoms with Crippen molar-refractivity contribution in [3.05, 3.63) is 11.1 Å². The van der Waals surface area contributed by atoms with Crippen molar-refractivity contribution in [1.29, 1.82) is 0 Å². The fraction of sp³-hybridized carbons (Fsp3) is 0.600. The molecule has 3 N–H and O–H groups in total. The van der Waals surface area contributed by atoms with Gasteiger partial charge in [-0.05, 0) is 13.3 Å². The van der Waals surface area contributed by atoms with Crippen LogP contribution in [0.1, 0.15) is 19.0 Å². The summed E-state index contributed by atoms with van der Waals surface area (Å²) < 4.78 is 5.16. The van der Waals surface area contributed by atoms with Crippen molar-refractivity contribution in [3.8, 4) is 0 Å². The molecule has 0 spiro atoms. The molecule has 1 heterocycles. The molecule has 1 aromatic rings. The summed E-state index contributed by atoms with van der Waals surface area (Å²) >= 11 is 1.35. The first-order valence-electron chi connectivity index (χ1n) is 5.26. The first-order chi connectivity index (χ1) is 7.72. The van der Waals surface area contributed by atoms with Gasteiger partial charge in [0, 0.05) is 25.1 Å². The van der Waals surface area contributed by atoms with Crippen LogP contribution in [0.5, 0.6) is 0 Å². The van der Waals surface area contributed by atoms with Gasteiger partial charge in [0.15, 0.2) is 5.13 Å². The number of nitrogens with one attached hydrogen (secondary N) is 1. The summed E-state index contributed by atoms with van der Waals surface area (Å²) in [5.41, 5.74) is 6.20. The van der Waals surface area contributed by atoms with E-state index in [9.17, 15) is 4.79 Å². The number of hydrogen-bond acceptors (Lipinski definition) is 5. The molecule has 0 fully saturated rings. The number of nitrogens with two attached hydrogens (primary N) is 1. The Morgan fingerprint density at radius 1 is 1.69 bits per heavy atom. The van der Waals surface area contributed by atoms with Crippen LogP contribution in [0.15, 0.2) is 5.38 Å². The van der Waals surface area contributed by atoms with Gasteiger partial charge >= 0.3 is 0 Å². The molecule has 0 aliphatic rings. The van der Waals surface area contributed by atoms with Gasteiger partial charge in [0.2, 0.25) is 5.91 Å². The second kappa shape index (κ2) is 7.19. The lowest BCUT2D eigenvalue weighted by atomic mass is 10.3. The molecule has 0 aliphatic heterocycles. The molecule has 0 saturated carbocycles. The van der Waals surface area contributed by atoms with Gasteiger partial charge in [-0.1, -0.05) is 0 Å². The molecule has 90 valence electrons. The Balaban J connectivity index is 2.11. The van der Waals surface area contributed by atoms with Crippen LogP contribution >= 0.6 is 11.3 Å². The van der Waals surface area contributed by atoms with Crippen LogP contribution in [0.2, 0.25) is 0 Å². The van der Waals surface area contributed by atoms with E-state index >= 15 is 0 Å². The Bertz CT molecular complexity index is 328. The maximum atomic E-state index is 11.4. The highest BCUT2D eigenvalue weighted by molar-refractivity contribution is 7.13. The molecule has 0 radical (unpaired) electrons. The molecule has 5 nitrogen and oxygen atoms in total. The number of rotatable bonds is 7.